The van der Waals surface area contributed by atoms with Crippen molar-refractivity contribution in [1.29, 1.82) is 0 Å². The topological polar surface area (TPSA) is 40.5 Å². The van der Waals surface area contributed by atoms with Gasteiger partial charge < -0.3 is 10.2 Å². The number of nitrogens with one attached hydrogen (secondary N) is 1. The Morgan fingerprint density at radius 3 is 3.00 bits per heavy atom. The number of pyridine rings is 1. The first kappa shape index (κ1) is 9.84. The highest BCUT2D eigenvalue weighted by atomic mass is 15.3. The number of anilines is 3. The number of aliphatic imine (C=N–C) groups is 1. The van der Waals surface area contributed by atoms with Crippen LogP contribution in [0.1, 0.15) is 0 Å². The van der Waals surface area contributed by atoms with Crippen LogP contribution in [0.2, 0.25) is 0 Å². The molecule has 0 unspecified atom stereocenters. The van der Waals surface area contributed by atoms with Crippen LogP contribution < -0.4 is 10.2 Å². The molecule has 0 fully saturated rings. The zero-order chi connectivity index (χ0) is 11.7. The van der Waals surface area contributed by atoms with Gasteiger partial charge in [-0.15, -0.1) is 0 Å². The number of hydrogen-bond acceptors (Lipinski definition) is 4. The number of hydrogen-bond donors (Lipinski definition) is 1. The summed E-state index contributed by atoms with van der Waals surface area (Å²) in [6.45, 7) is 4.32. The summed E-state index contributed by atoms with van der Waals surface area (Å²) in [5.41, 5.74) is 4.09. The van der Waals surface area contributed by atoms with Crippen molar-refractivity contribution >= 4 is 29.5 Å². The van der Waals surface area contributed by atoms with Crippen LogP contribution in [0.5, 0.6) is 0 Å². The second kappa shape index (κ2) is 3.90. The minimum Gasteiger partial charge on any atom is -0.366 e. The van der Waals surface area contributed by atoms with E-state index in [1.807, 2.05) is 24.4 Å². The van der Waals surface area contributed by atoms with Crippen LogP contribution in [-0.2, 0) is 0 Å². The lowest BCUT2D eigenvalue weighted by Gasteiger charge is -2.19. The van der Waals surface area contributed by atoms with Gasteiger partial charge in [-0.25, -0.2) is 0 Å². The van der Waals surface area contributed by atoms with E-state index in [0.717, 1.165) is 29.4 Å². The Bertz CT molecular complexity index is 565. The van der Waals surface area contributed by atoms with Crippen molar-refractivity contribution in [2.45, 2.75) is 0 Å². The Kier molecular flexibility index (Phi) is 2.26. The Morgan fingerprint density at radius 1 is 1.24 bits per heavy atom. The second-order valence-electron chi connectivity index (χ2n) is 3.80. The number of para-hydroxylation sites is 2. The fourth-order valence-electron chi connectivity index (χ4n) is 2.04. The molecule has 2 aromatic rings. The molecular weight excluding hydrogens is 212 g/mol. The maximum atomic E-state index is 4.15. The van der Waals surface area contributed by atoms with Crippen molar-refractivity contribution in [2.75, 3.05) is 16.9 Å². The van der Waals surface area contributed by atoms with Crippen molar-refractivity contribution in [2.24, 2.45) is 4.99 Å². The number of rotatable bonds is 2. The SMILES string of the molecule is C=Nc1ccncc1N1CNc2ccccc21. The third kappa shape index (κ3) is 1.54. The molecular formula is C13H12N4. The summed E-state index contributed by atoms with van der Waals surface area (Å²) >= 11 is 0. The summed E-state index contributed by atoms with van der Waals surface area (Å²) in [6, 6.07) is 10.0. The lowest BCUT2D eigenvalue weighted by atomic mass is 10.2. The van der Waals surface area contributed by atoms with Gasteiger partial charge in [0.1, 0.15) is 0 Å². The van der Waals surface area contributed by atoms with Crippen LogP contribution >= 0.6 is 0 Å². The highest BCUT2D eigenvalue weighted by Crippen LogP contribution is 2.39. The molecule has 1 aliphatic rings. The molecule has 3 rings (SSSR count). The van der Waals surface area contributed by atoms with Gasteiger partial charge >= 0.3 is 0 Å². The van der Waals surface area contributed by atoms with Crippen LogP contribution in [0.15, 0.2) is 47.7 Å². The van der Waals surface area contributed by atoms with Crippen molar-refractivity contribution in [3.63, 3.8) is 0 Å². The summed E-state index contributed by atoms with van der Waals surface area (Å²) in [7, 11) is 0. The summed E-state index contributed by atoms with van der Waals surface area (Å²) in [6.07, 6.45) is 3.54. The van der Waals surface area contributed by atoms with Crippen molar-refractivity contribution in [3.05, 3.63) is 42.7 Å². The molecule has 0 bridgehead atoms. The summed E-state index contributed by atoms with van der Waals surface area (Å²) in [5.74, 6) is 0. The Labute approximate surface area is 99.6 Å². The zero-order valence-corrected chi connectivity index (χ0v) is 9.30. The molecule has 84 valence electrons. The molecule has 4 heteroatoms. The molecule has 1 aromatic carbocycles. The zero-order valence-electron chi connectivity index (χ0n) is 9.30. The first-order valence-corrected chi connectivity index (χ1v) is 5.41. The van der Waals surface area contributed by atoms with Gasteiger partial charge in [0.25, 0.3) is 0 Å². The number of aromatic nitrogens is 1. The first-order chi connectivity index (χ1) is 8.40. The second-order valence-corrected chi connectivity index (χ2v) is 3.80. The summed E-state index contributed by atoms with van der Waals surface area (Å²) < 4.78 is 0. The fourth-order valence-corrected chi connectivity index (χ4v) is 2.04. The molecule has 1 aromatic heterocycles. The van der Waals surface area contributed by atoms with E-state index in [9.17, 15) is 0 Å². The minimum atomic E-state index is 0.730. The lowest BCUT2D eigenvalue weighted by molar-refractivity contribution is 1.08. The van der Waals surface area contributed by atoms with Gasteiger partial charge in [-0.1, -0.05) is 12.1 Å². The molecule has 0 saturated carbocycles. The molecule has 0 amide bonds. The van der Waals surface area contributed by atoms with Gasteiger partial charge in [-0.3, -0.25) is 9.98 Å². The molecule has 1 N–H and O–H groups in total. The van der Waals surface area contributed by atoms with Gasteiger partial charge in [0, 0.05) is 6.20 Å². The number of nitrogens with zero attached hydrogens (tertiary/aromatic N) is 3. The van der Waals surface area contributed by atoms with Crippen LogP contribution in [0.25, 0.3) is 0 Å². The van der Waals surface area contributed by atoms with Crippen molar-refractivity contribution in [3.8, 4) is 0 Å². The van der Waals surface area contributed by atoms with Crippen molar-refractivity contribution < 1.29 is 0 Å². The van der Waals surface area contributed by atoms with Gasteiger partial charge in [-0.05, 0) is 24.9 Å². The average molecular weight is 224 g/mol. The molecule has 1 aliphatic heterocycles. The van der Waals surface area contributed by atoms with E-state index in [4.69, 9.17) is 0 Å². The highest BCUT2D eigenvalue weighted by Gasteiger charge is 2.21. The first-order valence-electron chi connectivity index (χ1n) is 5.41. The van der Waals surface area contributed by atoms with Gasteiger partial charge in [0.05, 0.1) is 35.6 Å². The molecule has 0 spiro atoms. The predicted molar refractivity (Wildman–Crippen MR) is 70.5 cm³/mol. The maximum Gasteiger partial charge on any atom is 0.0928 e. The molecule has 0 atom stereocenters. The standard InChI is InChI=1S/C13H12N4/c1-14-10-6-7-15-8-13(10)17-9-16-11-4-2-3-5-12(11)17/h2-8,16H,1,9H2. The highest BCUT2D eigenvalue weighted by molar-refractivity contribution is 5.85. The molecule has 2 heterocycles. The van der Waals surface area contributed by atoms with E-state index in [2.05, 4.69) is 39.0 Å². The van der Waals surface area contributed by atoms with Crippen LogP contribution in [0.3, 0.4) is 0 Å². The van der Waals surface area contributed by atoms with E-state index < -0.39 is 0 Å². The maximum absolute atomic E-state index is 4.15. The van der Waals surface area contributed by atoms with E-state index in [-0.39, 0.29) is 0 Å². The normalized spacial score (nSPS) is 13.1. The average Bonchev–Trinajstić information content (AvgIpc) is 2.82. The van der Waals surface area contributed by atoms with Crippen LogP contribution in [-0.4, -0.2) is 18.4 Å². The van der Waals surface area contributed by atoms with Crippen LogP contribution in [0.4, 0.5) is 22.7 Å². The molecule has 4 nitrogen and oxygen atoms in total. The van der Waals surface area contributed by atoms with E-state index in [1.165, 1.54) is 0 Å². The van der Waals surface area contributed by atoms with E-state index >= 15 is 0 Å². The van der Waals surface area contributed by atoms with Gasteiger partial charge in [0.2, 0.25) is 0 Å². The van der Waals surface area contributed by atoms with Crippen LogP contribution in [0, 0.1) is 0 Å². The third-order valence-corrected chi connectivity index (χ3v) is 2.86. The predicted octanol–water partition coefficient (Wildman–Crippen LogP) is 2.93. The molecule has 0 radical (unpaired) electrons. The summed E-state index contributed by atoms with van der Waals surface area (Å²) in [4.78, 5) is 10.3. The molecule has 0 aliphatic carbocycles. The van der Waals surface area contributed by atoms with E-state index in [0.29, 0.717) is 0 Å². The Hall–Kier alpha value is -2.36. The number of fused-ring (bicyclic) bond motifs is 1. The van der Waals surface area contributed by atoms with Gasteiger partial charge in [0.15, 0.2) is 0 Å². The largest absolute Gasteiger partial charge is 0.366 e. The lowest BCUT2D eigenvalue weighted by Crippen LogP contribution is -2.16. The molecule has 0 saturated heterocycles. The third-order valence-electron chi connectivity index (χ3n) is 2.86. The number of benzene rings is 1. The van der Waals surface area contributed by atoms with Gasteiger partial charge in [-0.2, -0.15) is 0 Å². The Balaban J connectivity index is 2.10. The van der Waals surface area contributed by atoms with Crippen molar-refractivity contribution in [1.82, 2.24) is 4.98 Å². The summed E-state index contributed by atoms with van der Waals surface area (Å²) in [5, 5.41) is 3.34. The smallest absolute Gasteiger partial charge is 0.0928 e. The quantitative estimate of drug-likeness (QED) is 0.797. The van der Waals surface area contributed by atoms with E-state index in [1.54, 1.807) is 6.20 Å². The monoisotopic (exact) mass is 224 g/mol. The minimum absolute atomic E-state index is 0.730. The fraction of sp³-hybridized carbons (Fsp3) is 0.0769. The Morgan fingerprint density at radius 2 is 2.12 bits per heavy atom. The molecule has 17 heavy (non-hydrogen) atoms.